The number of methoxy groups -OCH3 is 2. The first-order valence-corrected chi connectivity index (χ1v) is 6.53. The standard InChI is InChI=1S/C15H23NO4/c1-10(9-15(2,16)14(17)18)7-11-8-12(19-3)5-6-13(11)20-4/h5-6,8,10H,7,9,16H2,1-4H3,(H,17,18). The number of carboxylic acid groups (broad SMARTS) is 1. The van der Waals surface area contributed by atoms with Crippen molar-refractivity contribution in [1.29, 1.82) is 0 Å². The van der Waals surface area contributed by atoms with E-state index in [1.54, 1.807) is 14.2 Å². The number of hydrogen-bond donors (Lipinski definition) is 2. The van der Waals surface area contributed by atoms with Crippen molar-refractivity contribution in [3.63, 3.8) is 0 Å². The van der Waals surface area contributed by atoms with Crippen LogP contribution in [0.3, 0.4) is 0 Å². The summed E-state index contributed by atoms with van der Waals surface area (Å²) in [6.07, 6.45) is 1.07. The lowest BCUT2D eigenvalue weighted by molar-refractivity contribution is -0.143. The molecule has 5 heteroatoms. The molecular weight excluding hydrogens is 258 g/mol. The quantitative estimate of drug-likeness (QED) is 0.799. The lowest BCUT2D eigenvalue weighted by Gasteiger charge is -2.24. The molecule has 0 aliphatic rings. The van der Waals surface area contributed by atoms with Gasteiger partial charge in [0.15, 0.2) is 0 Å². The summed E-state index contributed by atoms with van der Waals surface area (Å²) >= 11 is 0. The van der Waals surface area contributed by atoms with Crippen molar-refractivity contribution in [2.45, 2.75) is 32.2 Å². The molecule has 0 spiro atoms. The van der Waals surface area contributed by atoms with E-state index in [-0.39, 0.29) is 5.92 Å². The number of carbonyl (C=O) groups is 1. The third-order valence-corrected chi connectivity index (χ3v) is 3.32. The first-order valence-electron chi connectivity index (χ1n) is 6.53. The van der Waals surface area contributed by atoms with Crippen LogP contribution in [0.25, 0.3) is 0 Å². The Balaban J connectivity index is 2.84. The Kier molecular flexibility index (Phi) is 5.39. The maximum atomic E-state index is 11.1. The van der Waals surface area contributed by atoms with Gasteiger partial charge in [0.2, 0.25) is 0 Å². The molecule has 1 aromatic carbocycles. The van der Waals surface area contributed by atoms with Gasteiger partial charge < -0.3 is 20.3 Å². The highest BCUT2D eigenvalue weighted by Gasteiger charge is 2.30. The maximum Gasteiger partial charge on any atom is 0.323 e. The van der Waals surface area contributed by atoms with Crippen molar-refractivity contribution in [3.8, 4) is 11.5 Å². The summed E-state index contributed by atoms with van der Waals surface area (Å²) in [4.78, 5) is 11.1. The van der Waals surface area contributed by atoms with Crippen LogP contribution in [0.1, 0.15) is 25.8 Å². The minimum absolute atomic E-state index is 0.113. The van der Waals surface area contributed by atoms with Crippen LogP contribution < -0.4 is 15.2 Å². The van der Waals surface area contributed by atoms with E-state index in [1.165, 1.54) is 6.92 Å². The van der Waals surface area contributed by atoms with Gasteiger partial charge in [0, 0.05) is 0 Å². The number of carboxylic acids is 1. The molecule has 0 bridgehead atoms. The molecule has 1 rings (SSSR count). The molecule has 0 aromatic heterocycles. The fourth-order valence-electron chi connectivity index (χ4n) is 2.30. The Morgan fingerprint density at radius 2 is 2.05 bits per heavy atom. The zero-order chi connectivity index (χ0) is 15.3. The number of nitrogens with two attached hydrogens (primary N) is 1. The molecule has 0 aliphatic carbocycles. The first-order chi connectivity index (χ1) is 9.30. The Labute approximate surface area is 119 Å². The monoisotopic (exact) mass is 281 g/mol. The van der Waals surface area contributed by atoms with E-state index < -0.39 is 11.5 Å². The van der Waals surface area contributed by atoms with Crippen molar-refractivity contribution >= 4 is 5.97 Å². The van der Waals surface area contributed by atoms with Gasteiger partial charge in [-0.2, -0.15) is 0 Å². The van der Waals surface area contributed by atoms with Gasteiger partial charge >= 0.3 is 5.97 Å². The van der Waals surface area contributed by atoms with E-state index in [2.05, 4.69) is 0 Å². The highest BCUT2D eigenvalue weighted by molar-refractivity contribution is 5.77. The molecule has 3 N–H and O–H groups in total. The van der Waals surface area contributed by atoms with E-state index >= 15 is 0 Å². The first kappa shape index (κ1) is 16.3. The third-order valence-electron chi connectivity index (χ3n) is 3.32. The van der Waals surface area contributed by atoms with Crippen molar-refractivity contribution in [2.75, 3.05) is 14.2 Å². The molecule has 0 heterocycles. The Morgan fingerprint density at radius 3 is 2.55 bits per heavy atom. The molecule has 5 nitrogen and oxygen atoms in total. The molecule has 1 aromatic rings. The van der Waals surface area contributed by atoms with Crippen LogP contribution in [0.15, 0.2) is 18.2 Å². The summed E-state index contributed by atoms with van der Waals surface area (Å²) in [5, 5.41) is 9.07. The molecule has 2 unspecified atom stereocenters. The largest absolute Gasteiger partial charge is 0.497 e. The molecule has 0 radical (unpaired) electrons. The molecule has 0 fully saturated rings. The zero-order valence-corrected chi connectivity index (χ0v) is 12.5. The van der Waals surface area contributed by atoms with Gasteiger partial charge in [-0.3, -0.25) is 4.79 Å². The fraction of sp³-hybridized carbons (Fsp3) is 0.533. The van der Waals surface area contributed by atoms with Crippen molar-refractivity contribution in [2.24, 2.45) is 11.7 Å². The van der Waals surface area contributed by atoms with E-state index in [1.807, 2.05) is 25.1 Å². The summed E-state index contributed by atoms with van der Waals surface area (Å²) < 4.78 is 10.5. The van der Waals surface area contributed by atoms with Crippen LogP contribution in [0.4, 0.5) is 0 Å². The molecule has 20 heavy (non-hydrogen) atoms. The maximum absolute atomic E-state index is 11.1. The lowest BCUT2D eigenvalue weighted by Crippen LogP contribution is -2.46. The predicted octanol–water partition coefficient (Wildman–Crippen LogP) is 2.07. The van der Waals surface area contributed by atoms with Gasteiger partial charge in [0.1, 0.15) is 17.0 Å². The molecule has 0 amide bonds. The molecule has 2 atom stereocenters. The minimum Gasteiger partial charge on any atom is -0.497 e. The Hall–Kier alpha value is -1.75. The SMILES string of the molecule is COc1ccc(OC)c(CC(C)CC(C)(N)C(=O)O)c1. The number of benzene rings is 1. The minimum atomic E-state index is -1.22. The predicted molar refractivity (Wildman–Crippen MR) is 77.3 cm³/mol. The summed E-state index contributed by atoms with van der Waals surface area (Å²) in [6, 6.07) is 5.58. The van der Waals surface area contributed by atoms with E-state index in [0.29, 0.717) is 12.8 Å². The molecule has 112 valence electrons. The van der Waals surface area contributed by atoms with Gasteiger partial charge in [-0.25, -0.2) is 0 Å². The van der Waals surface area contributed by atoms with Crippen LogP contribution in [0, 0.1) is 5.92 Å². The molecule has 0 saturated carbocycles. The van der Waals surface area contributed by atoms with Gasteiger partial charge in [0.05, 0.1) is 14.2 Å². The van der Waals surface area contributed by atoms with Crippen molar-refractivity contribution < 1.29 is 19.4 Å². The van der Waals surface area contributed by atoms with Crippen molar-refractivity contribution in [3.05, 3.63) is 23.8 Å². The topological polar surface area (TPSA) is 81.8 Å². The van der Waals surface area contributed by atoms with Crippen molar-refractivity contribution in [1.82, 2.24) is 0 Å². The Bertz CT molecular complexity index is 471. The number of aliphatic carboxylic acids is 1. The van der Waals surface area contributed by atoms with E-state index in [4.69, 9.17) is 20.3 Å². The molecular formula is C15H23NO4. The summed E-state index contributed by atoms with van der Waals surface area (Å²) in [5.74, 6) is 0.650. The Morgan fingerprint density at radius 1 is 1.40 bits per heavy atom. The van der Waals surface area contributed by atoms with Crippen LogP contribution in [0.5, 0.6) is 11.5 Å². The second-order valence-electron chi connectivity index (χ2n) is 5.41. The number of ether oxygens (including phenoxy) is 2. The molecule has 0 saturated heterocycles. The van der Waals surface area contributed by atoms with Crippen LogP contribution in [0.2, 0.25) is 0 Å². The lowest BCUT2D eigenvalue weighted by atomic mass is 9.87. The van der Waals surface area contributed by atoms with E-state index in [9.17, 15) is 4.79 Å². The van der Waals surface area contributed by atoms with Crippen LogP contribution in [-0.2, 0) is 11.2 Å². The highest BCUT2D eigenvalue weighted by Crippen LogP contribution is 2.28. The van der Waals surface area contributed by atoms with Gasteiger partial charge in [0.25, 0.3) is 0 Å². The highest BCUT2D eigenvalue weighted by atomic mass is 16.5. The number of hydrogen-bond acceptors (Lipinski definition) is 4. The third kappa shape index (κ3) is 4.13. The zero-order valence-electron chi connectivity index (χ0n) is 12.5. The average Bonchev–Trinajstić information content (AvgIpc) is 2.37. The fourth-order valence-corrected chi connectivity index (χ4v) is 2.30. The second-order valence-corrected chi connectivity index (χ2v) is 5.41. The van der Waals surface area contributed by atoms with E-state index in [0.717, 1.165) is 17.1 Å². The van der Waals surface area contributed by atoms with Gasteiger partial charge in [-0.1, -0.05) is 6.92 Å². The normalized spacial score (nSPS) is 15.2. The second kappa shape index (κ2) is 6.61. The van der Waals surface area contributed by atoms with Crippen LogP contribution in [-0.4, -0.2) is 30.8 Å². The summed E-state index contributed by atoms with van der Waals surface area (Å²) in [7, 11) is 3.22. The smallest absolute Gasteiger partial charge is 0.323 e. The van der Waals surface area contributed by atoms with Gasteiger partial charge in [-0.15, -0.1) is 0 Å². The summed E-state index contributed by atoms with van der Waals surface area (Å²) in [6.45, 7) is 3.52. The van der Waals surface area contributed by atoms with Gasteiger partial charge in [-0.05, 0) is 49.4 Å². The van der Waals surface area contributed by atoms with Crippen LogP contribution >= 0.6 is 0 Å². The average molecular weight is 281 g/mol. The molecule has 0 aliphatic heterocycles. The number of rotatable bonds is 7. The summed E-state index contributed by atoms with van der Waals surface area (Å²) in [5.41, 5.74) is 5.56.